The summed E-state index contributed by atoms with van der Waals surface area (Å²) in [5.41, 5.74) is 7.51. The van der Waals surface area contributed by atoms with E-state index in [9.17, 15) is 4.79 Å². The summed E-state index contributed by atoms with van der Waals surface area (Å²) in [6, 6.07) is 15.3. The minimum absolute atomic E-state index is 0.233. The lowest BCUT2D eigenvalue weighted by Crippen LogP contribution is -2.18. The molecule has 1 aromatic heterocycles. The second kappa shape index (κ2) is 5.09. The number of nitrogens with two attached hydrogens (primary N) is 1. The number of halogens is 1. The van der Waals surface area contributed by atoms with Gasteiger partial charge in [-0.05, 0) is 29.8 Å². The van der Waals surface area contributed by atoms with Crippen molar-refractivity contribution in [3.8, 4) is 0 Å². The van der Waals surface area contributed by atoms with Crippen LogP contribution in [-0.4, -0.2) is 9.55 Å². The number of benzene rings is 2. The van der Waals surface area contributed by atoms with E-state index in [4.69, 9.17) is 5.73 Å². The standard InChI is InChI=1S/C15H12BrN3O/c16-11-7-5-10(6-8-11)9-19-13-4-2-1-3-12(13)14(20)18-15(19)17/h1-8H,9H2,(H2,17,18,20). The van der Waals surface area contributed by atoms with Crippen molar-refractivity contribution in [3.05, 3.63) is 68.9 Å². The van der Waals surface area contributed by atoms with Crippen molar-refractivity contribution >= 4 is 32.8 Å². The van der Waals surface area contributed by atoms with E-state index in [1.54, 1.807) is 6.07 Å². The van der Waals surface area contributed by atoms with Gasteiger partial charge in [-0.25, -0.2) is 0 Å². The highest BCUT2D eigenvalue weighted by molar-refractivity contribution is 9.10. The number of nitrogens with zero attached hydrogens (tertiary/aromatic N) is 2. The zero-order valence-corrected chi connectivity index (χ0v) is 12.2. The van der Waals surface area contributed by atoms with Crippen LogP contribution in [-0.2, 0) is 6.54 Å². The molecule has 0 aliphatic rings. The highest BCUT2D eigenvalue weighted by Gasteiger charge is 2.08. The molecule has 4 nitrogen and oxygen atoms in total. The average molecular weight is 330 g/mol. The predicted molar refractivity (Wildman–Crippen MR) is 83.7 cm³/mol. The minimum atomic E-state index is -0.287. The van der Waals surface area contributed by atoms with Crippen molar-refractivity contribution in [1.29, 1.82) is 0 Å². The molecule has 0 aliphatic heterocycles. The number of hydrogen-bond acceptors (Lipinski definition) is 3. The molecule has 100 valence electrons. The fourth-order valence-electron chi connectivity index (χ4n) is 2.18. The van der Waals surface area contributed by atoms with E-state index in [2.05, 4.69) is 20.9 Å². The van der Waals surface area contributed by atoms with Crippen LogP contribution in [0.3, 0.4) is 0 Å². The Bertz CT molecular complexity index is 825. The van der Waals surface area contributed by atoms with Crippen LogP contribution in [0.1, 0.15) is 5.56 Å². The van der Waals surface area contributed by atoms with Gasteiger partial charge in [0.1, 0.15) is 0 Å². The van der Waals surface area contributed by atoms with Gasteiger partial charge in [-0.3, -0.25) is 4.79 Å². The molecule has 0 saturated heterocycles. The fraction of sp³-hybridized carbons (Fsp3) is 0.0667. The van der Waals surface area contributed by atoms with Crippen molar-refractivity contribution in [2.24, 2.45) is 0 Å². The normalized spacial score (nSPS) is 10.8. The molecule has 0 atom stereocenters. The topological polar surface area (TPSA) is 60.9 Å². The molecule has 0 amide bonds. The van der Waals surface area contributed by atoms with Gasteiger partial charge in [-0.1, -0.05) is 40.2 Å². The molecule has 0 aliphatic carbocycles. The van der Waals surface area contributed by atoms with Gasteiger partial charge >= 0.3 is 0 Å². The highest BCUT2D eigenvalue weighted by atomic mass is 79.9. The third-order valence-electron chi connectivity index (χ3n) is 3.17. The summed E-state index contributed by atoms with van der Waals surface area (Å²) in [7, 11) is 0. The number of para-hydroxylation sites is 1. The Morgan fingerprint density at radius 2 is 1.80 bits per heavy atom. The summed E-state index contributed by atoms with van der Waals surface area (Å²) in [6.45, 7) is 0.576. The van der Waals surface area contributed by atoms with E-state index in [0.29, 0.717) is 11.9 Å². The molecular formula is C15H12BrN3O. The van der Waals surface area contributed by atoms with E-state index in [-0.39, 0.29) is 11.5 Å². The first-order chi connectivity index (χ1) is 9.65. The lowest BCUT2D eigenvalue weighted by atomic mass is 10.2. The van der Waals surface area contributed by atoms with E-state index in [0.717, 1.165) is 15.6 Å². The van der Waals surface area contributed by atoms with E-state index < -0.39 is 0 Å². The van der Waals surface area contributed by atoms with Crippen LogP contribution in [0, 0.1) is 0 Å². The Kier molecular flexibility index (Phi) is 3.28. The number of aromatic nitrogens is 2. The van der Waals surface area contributed by atoms with Gasteiger partial charge < -0.3 is 10.3 Å². The first-order valence-electron chi connectivity index (χ1n) is 6.14. The van der Waals surface area contributed by atoms with Crippen LogP contribution < -0.4 is 11.3 Å². The molecule has 0 radical (unpaired) electrons. The predicted octanol–water partition coefficient (Wildman–Crippen LogP) is 2.79. The zero-order valence-electron chi connectivity index (χ0n) is 10.6. The molecule has 1 heterocycles. The molecule has 0 spiro atoms. The molecule has 0 saturated carbocycles. The molecule has 3 aromatic rings. The van der Waals surface area contributed by atoms with Gasteiger partial charge in [0.2, 0.25) is 5.95 Å². The summed E-state index contributed by atoms with van der Waals surface area (Å²) in [5, 5.41) is 0.582. The minimum Gasteiger partial charge on any atom is -0.369 e. The summed E-state index contributed by atoms with van der Waals surface area (Å²) < 4.78 is 2.87. The summed E-state index contributed by atoms with van der Waals surface area (Å²) in [5.74, 6) is 0.233. The molecule has 2 aromatic carbocycles. The van der Waals surface area contributed by atoms with Crippen LogP contribution in [0.2, 0.25) is 0 Å². The fourth-order valence-corrected chi connectivity index (χ4v) is 2.44. The van der Waals surface area contributed by atoms with Gasteiger partial charge in [0.25, 0.3) is 5.56 Å². The van der Waals surface area contributed by atoms with E-state index in [1.807, 2.05) is 47.0 Å². The zero-order chi connectivity index (χ0) is 14.1. The third kappa shape index (κ3) is 2.32. The summed E-state index contributed by atoms with van der Waals surface area (Å²) in [4.78, 5) is 15.7. The molecule has 5 heteroatoms. The van der Waals surface area contributed by atoms with Crippen LogP contribution in [0.4, 0.5) is 5.95 Å². The summed E-state index contributed by atoms with van der Waals surface area (Å²) >= 11 is 3.41. The molecule has 20 heavy (non-hydrogen) atoms. The molecule has 0 fully saturated rings. The largest absolute Gasteiger partial charge is 0.369 e. The van der Waals surface area contributed by atoms with Gasteiger partial charge in [0.15, 0.2) is 0 Å². The van der Waals surface area contributed by atoms with Crippen molar-refractivity contribution in [2.45, 2.75) is 6.54 Å². The average Bonchev–Trinajstić information content (AvgIpc) is 2.45. The van der Waals surface area contributed by atoms with Gasteiger partial charge in [0, 0.05) is 4.47 Å². The number of fused-ring (bicyclic) bond motifs is 1. The van der Waals surface area contributed by atoms with Crippen molar-refractivity contribution in [1.82, 2.24) is 9.55 Å². The van der Waals surface area contributed by atoms with Crippen molar-refractivity contribution in [3.63, 3.8) is 0 Å². The molecular weight excluding hydrogens is 318 g/mol. The second-order valence-electron chi connectivity index (χ2n) is 4.50. The number of anilines is 1. The van der Waals surface area contributed by atoms with Gasteiger partial charge in [-0.15, -0.1) is 0 Å². The third-order valence-corrected chi connectivity index (χ3v) is 3.70. The first kappa shape index (κ1) is 12.9. The Morgan fingerprint density at radius 1 is 1.10 bits per heavy atom. The maximum atomic E-state index is 11.8. The molecule has 0 unspecified atom stereocenters. The second-order valence-corrected chi connectivity index (χ2v) is 5.42. The Balaban J connectivity index is 2.16. The Labute approximate surface area is 124 Å². The van der Waals surface area contributed by atoms with Crippen molar-refractivity contribution < 1.29 is 0 Å². The Hall–Kier alpha value is -2.14. The number of rotatable bonds is 2. The van der Waals surface area contributed by atoms with Crippen LogP contribution in [0.25, 0.3) is 10.9 Å². The Morgan fingerprint density at radius 3 is 2.55 bits per heavy atom. The maximum Gasteiger partial charge on any atom is 0.282 e. The van der Waals surface area contributed by atoms with Gasteiger partial charge in [-0.2, -0.15) is 4.98 Å². The molecule has 2 N–H and O–H groups in total. The monoisotopic (exact) mass is 329 g/mol. The molecule has 3 rings (SSSR count). The first-order valence-corrected chi connectivity index (χ1v) is 6.94. The quantitative estimate of drug-likeness (QED) is 0.786. The SMILES string of the molecule is Nc1nc(=O)c2ccccc2n1Cc1ccc(Br)cc1. The van der Waals surface area contributed by atoms with Crippen molar-refractivity contribution in [2.75, 3.05) is 5.73 Å². The summed E-state index contributed by atoms with van der Waals surface area (Å²) in [6.07, 6.45) is 0. The number of nitrogen functional groups attached to an aromatic ring is 1. The smallest absolute Gasteiger partial charge is 0.282 e. The lowest BCUT2D eigenvalue weighted by molar-refractivity contribution is 0.814. The van der Waals surface area contributed by atoms with Crippen LogP contribution in [0.15, 0.2) is 57.8 Å². The number of hydrogen-bond donors (Lipinski definition) is 1. The maximum absolute atomic E-state index is 11.8. The van der Waals surface area contributed by atoms with E-state index in [1.165, 1.54) is 0 Å². The van der Waals surface area contributed by atoms with Crippen LogP contribution >= 0.6 is 15.9 Å². The lowest BCUT2D eigenvalue weighted by Gasteiger charge is -2.13. The van der Waals surface area contributed by atoms with E-state index >= 15 is 0 Å². The highest BCUT2D eigenvalue weighted by Crippen LogP contribution is 2.16. The molecule has 0 bridgehead atoms. The van der Waals surface area contributed by atoms with Gasteiger partial charge in [0.05, 0.1) is 17.4 Å². The van der Waals surface area contributed by atoms with Crippen LogP contribution in [0.5, 0.6) is 0 Å².